The average Bonchev–Trinajstić information content (AvgIpc) is 2.76. The molecule has 0 unspecified atom stereocenters. The van der Waals surface area contributed by atoms with Gasteiger partial charge in [0.1, 0.15) is 5.75 Å². The maximum Gasteiger partial charge on any atom is 0.185 e. The Labute approximate surface area is 100 Å². The van der Waals surface area contributed by atoms with Gasteiger partial charge in [-0.3, -0.25) is 4.79 Å². The van der Waals surface area contributed by atoms with E-state index < -0.39 is 0 Å². The van der Waals surface area contributed by atoms with Crippen LogP contribution in [-0.4, -0.2) is 12.4 Å². The predicted molar refractivity (Wildman–Crippen MR) is 65.3 cm³/mol. The van der Waals surface area contributed by atoms with Gasteiger partial charge >= 0.3 is 0 Å². The number of carbonyl (C=O) groups is 1. The Morgan fingerprint density at radius 3 is 2.82 bits per heavy atom. The third-order valence-corrected chi connectivity index (χ3v) is 2.32. The number of benzene rings is 1. The summed E-state index contributed by atoms with van der Waals surface area (Å²) in [4.78, 5) is 10.8. The summed E-state index contributed by atoms with van der Waals surface area (Å²) in [5.41, 5.74) is 1.70. The van der Waals surface area contributed by atoms with Crippen molar-refractivity contribution in [1.29, 1.82) is 0 Å². The number of hydrogen-bond acceptors (Lipinski definition) is 3. The molecule has 2 rings (SSSR count). The molecular weight excluding hydrogens is 216 g/mol. The summed E-state index contributed by atoms with van der Waals surface area (Å²) in [5, 5.41) is 0. The molecule has 1 heterocycles. The maximum atomic E-state index is 10.8. The van der Waals surface area contributed by atoms with Crippen LogP contribution in [0.5, 0.6) is 5.75 Å². The Kier molecular flexibility index (Phi) is 3.28. The number of carbonyl (C=O) groups excluding carboxylic acids is 1. The molecule has 0 saturated heterocycles. The summed E-state index contributed by atoms with van der Waals surface area (Å²) in [6.45, 7) is 3.95. The van der Waals surface area contributed by atoms with E-state index in [4.69, 9.17) is 9.15 Å². The van der Waals surface area contributed by atoms with Crippen LogP contribution < -0.4 is 4.74 Å². The molecule has 0 radical (unpaired) electrons. The zero-order valence-corrected chi connectivity index (χ0v) is 9.84. The summed E-state index contributed by atoms with van der Waals surface area (Å²) in [6.07, 6.45) is 2.35. The molecule has 0 spiro atoms. The molecule has 1 aromatic carbocycles. The molecule has 0 atom stereocenters. The molecule has 1 aromatic heterocycles. The van der Waals surface area contributed by atoms with Gasteiger partial charge in [-0.15, -0.1) is 0 Å². The van der Waals surface area contributed by atoms with Crippen molar-refractivity contribution in [3.05, 3.63) is 42.4 Å². The molecular formula is C14H14O3. The molecule has 0 aliphatic carbocycles. The second-order valence-electron chi connectivity index (χ2n) is 4.01. The summed E-state index contributed by atoms with van der Waals surface area (Å²) < 4.78 is 10.7. The van der Waals surface area contributed by atoms with Crippen molar-refractivity contribution < 1.29 is 13.9 Å². The molecule has 17 heavy (non-hydrogen) atoms. The lowest BCUT2D eigenvalue weighted by Crippen LogP contribution is -2.05. The third-order valence-electron chi connectivity index (χ3n) is 2.32. The van der Waals surface area contributed by atoms with Gasteiger partial charge in [-0.25, -0.2) is 0 Å². The van der Waals surface area contributed by atoms with Gasteiger partial charge in [0.25, 0.3) is 0 Å². The van der Waals surface area contributed by atoms with Crippen molar-refractivity contribution >= 4 is 6.29 Å². The van der Waals surface area contributed by atoms with Crippen LogP contribution in [-0.2, 0) is 0 Å². The highest BCUT2D eigenvalue weighted by atomic mass is 16.5. The summed E-state index contributed by atoms with van der Waals surface area (Å²) in [6, 6.07) is 9.39. The van der Waals surface area contributed by atoms with Gasteiger partial charge in [-0.2, -0.15) is 0 Å². The highest BCUT2D eigenvalue weighted by molar-refractivity contribution is 5.84. The van der Waals surface area contributed by atoms with Crippen LogP contribution in [0.15, 0.2) is 41.0 Å². The lowest BCUT2D eigenvalue weighted by atomic mass is 10.1. The molecule has 0 N–H and O–H groups in total. The van der Waals surface area contributed by atoms with Crippen molar-refractivity contribution in [1.82, 2.24) is 0 Å². The first-order valence-corrected chi connectivity index (χ1v) is 5.50. The molecule has 0 fully saturated rings. The van der Waals surface area contributed by atoms with Gasteiger partial charge < -0.3 is 9.15 Å². The van der Waals surface area contributed by atoms with E-state index in [1.807, 2.05) is 38.1 Å². The summed E-state index contributed by atoms with van der Waals surface area (Å²) in [7, 11) is 0. The van der Waals surface area contributed by atoms with Crippen molar-refractivity contribution in [2.75, 3.05) is 0 Å². The maximum absolute atomic E-state index is 10.8. The van der Waals surface area contributed by atoms with Crippen molar-refractivity contribution in [3.63, 3.8) is 0 Å². The van der Waals surface area contributed by atoms with Gasteiger partial charge in [-0.1, -0.05) is 12.1 Å². The zero-order valence-electron chi connectivity index (χ0n) is 9.84. The van der Waals surface area contributed by atoms with Crippen LogP contribution in [0.4, 0.5) is 0 Å². The Morgan fingerprint density at radius 2 is 2.12 bits per heavy atom. The van der Waals surface area contributed by atoms with Gasteiger partial charge in [0, 0.05) is 5.56 Å². The normalized spacial score (nSPS) is 10.5. The number of ether oxygens (including phenoxy) is 1. The molecule has 0 saturated carbocycles. The van der Waals surface area contributed by atoms with Gasteiger partial charge in [0.05, 0.1) is 12.4 Å². The molecule has 0 bridgehead atoms. The van der Waals surface area contributed by atoms with E-state index in [1.54, 1.807) is 6.07 Å². The SMILES string of the molecule is CC(C)Oc1cccc(-c2ccoc2C=O)c1. The fourth-order valence-corrected chi connectivity index (χ4v) is 1.66. The number of hydrogen-bond donors (Lipinski definition) is 0. The smallest absolute Gasteiger partial charge is 0.185 e. The Morgan fingerprint density at radius 1 is 1.29 bits per heavy atom. The number of aldehydes is 1. The third kappa shape index (κ3) is 2.56. The molecule has 0 aliphatic heterocycles. The second kappa shape index (κ2) is 4.87. The van der Waals surface area contributed by atoms with Crippen LogP contribution in [0.3, 0.4) is 0 Å². The summed E-state index contributed by atoms with van der Waals surface area (Å²) >= 11 is 0. The molecule has 3 nitrogen and oxygen atoms in total. The molecule has 0 aliphatic rings. The monoisotopic (exact) mass is 230 g/mol. The fourth-order valence-electron chi connectivity index (χ4n) is 1.66. The van der Waals surface area contributed by atoms with E-state index in [0.29, 0.717) is 12.0 Å². The van der Waals surface area contributed by atoms with Gasteiger partial charge in [-0.05, 0) is 37.6 Å². The minimum absolute atomic E-state index is 0.125. The minimum Gasteiger partial charge on any atom is -0.491 e. The van der Waals surface area contributed by atoms with E-state index in [0.717, 1.165) is 16.9 Å². The standard InChI is InChI=1S/C14H14O3/c1-10(2)17-12-5-3-4-11(8-12)13-6-7-16-14(13)9-15/h3-10H,1-2H3. The van der Waals surface area contributed by atoms with E-state index in [-0.39, 0.29) is 6.10 Å². The number of rotatable bonds is 4. The number of furan rings is 1. The molecule has 88 valence electrons. The van der Waals surface area contributed by atoms with E-state index in [1.165, 1.54) is 6.26 Å². The quantitative estimate of drug-likeness (QED) is 0.754. The predicted octanol–water partition coefficient (Wildman–Crippen LogP) is 3.55. The van der Waals surface area contributed by atoms with Crippen molar-refractivity contribution in [2.45, 2.75) is 20.0 Å². The van der Waals surface area contributed by atoms with Crippen LogP contribution in [0.2, 0.25) is 0 Å². The van der Waals surface area contributed by atoms with Crippen LogP contribution in [0, 0.1) is 0 Å². The average molecular weight is 230 g/mol. The molecule has 2 aromatic rings. The van der Waals surface area contributed by atoms with Crippen molar-refractivity contribution in [2.24, 2.45) is 0 Å². The highest BCUT2D eigenvalue weighted by Gasteiger charge is 2.08. The van der Waals surface area contributed by atoms with Crippen molar-refractivity contribution in [3.8, 4) is 16.9 Å². The Balaban J connectivity index is 2.36. The highest BCUT2D eigenvalue weighted by Crippen LogP contribution is 2.27. The van der Waals surface area contributed by atoms with Crippen LogP contribution >= 0.6 is 0 Å². The topological polar surface area (TPSA) is 39.4 Å². The molecule has 3 heteroatoms. The first-order valence-electron chi connectivity index (χ1n) is 5.50. The minimum atomic E-state index is 0.125. The fraction of sp³-hybridized carbons (Fsp3) is 0.214. The van der Waals surface area contributed by atoms with Gasteiger partial charge in [0.15, 0.2) is 12.0 Å². The Bertz CT molecular complexity index is 512. The lowest BCUT2D eigenvalue weighted by molar-refractivity contribution is 0.110. The summed E-state index contributed by atoms with van der Waals surface area (Å²) in [5.74, 6) is 1.13. The van der Waals surface area contributed by atoms with E-state index >= 15 is 0 Å². The van der Waals surface area contributed by atoms with Crippen LogP contribution in [0.25, 0.3) is 11.1 Å². The zero-order chi connectivity index (χ0) is 12.3. The Hall–Kier alpha value is -2.03. The van der Waals surface area contributed by atoms with Gasteiger partial charge in [0.2, 0.25) is 0 Å². The first kappa shape index (κ1) is 11.5. The second-order valence-corrected chi connectivity index (χ2v) is 4.01. The van der Waals surface area contributed by atoms with Crippen LogP contribution in [0.1, 0.15) is 24.4 Å². The van der Waals surface area contributed by atoms with E-state index in [9.17, 15) is 4.79 Å². The van der Waals surface area contributed by atoms with E-state index in [2.05, 4.69) is 0 Å². The molecule has 0 amide bonds. The lowest BCUT2D eigenvalue weighted by Gasteiger charge is -2.10. The largest absolute Gasteiger partial charge is 0.491 e. The first-order chi connectivity index (χ1) is 8.20.